The maximum Gasteiger partial charge on any atom is 0.303 e. The van der Waals surface area contributed by atoms with Gasteiger partial charge in [0.1, 0.15) is 5.82 Å². The van der Waals surface area contributed by atoms with Gasteiger partial charge in [-0.2, -0.15) is 0 Å². The highest BCUT2D eigenvalue weighted by Gasteiger charge is 2.23. The molecule has 2 aromatic carbocycles. The van der Waals surface area contributed by atoms with E-state index in [9.17, 15) is 14.3 Å². The fourth-order valence-corrected chi connectivity index (χ4v) is 3.58. The highest BCUT2D eigenvalue weighted by Crippen LogP contribution is 2.37. The Morgan fingerprint density at radius 2 is 2.04 bits per heavy atom. The van der Waals surface area contributed by atoms with Crippen LogP contribution in [0.25, 0.3) is 16.6 Å². The summed E-state index contributed by atoms with van der Waals surface area (Å²) in [6, 6.07) is 9.32. The van der Waals surface area contributed by atoms with Crippen molar-refractivity contribution in [3.8, 4) is 5.69 Å². The Bertz CT molecular complexity index is 1230. The second-order valence-corrected chi connectivity index (χ2v) is 6.82. The summed E-state index contributed by atoms with van der Waals surface area (Å²) < 4.78 is 48.7. The summed E-state index contributed by atoms with van der Waals surface area (Å²) in [5, 5.41) is 9.89. The van der Waals surface area contributed by atoms with E-state index in [4.69, 9.17) is 5.48 Å². The second-order valence-electron chi connectivity index (χ2n) is 6.82. The van der Waals surface area contributed by atoms with E-state index in [1.165, 1.54) is 12.1 Å². The van der Waals surface area contributed by atoms with Crippen LogP contribution in [0.5, 0.6) is 0 Å². The third kappa shape index (κ3) is 3.33. The number of benzene rings is 2. The summed E-state index contributed by atoms with van der Waals surface area (Å²) in [7, 11) is 0. The second kappa shape index (κ2) is 7.58. The third-order valence-corrected chi connectivity index (χ3v) is 4.68. The first kappa shape index (κ1) is 15.0. The highest BCUT2D eigenvalue weighted by atomic mass is 19.1. The van der Waals surface area contributed by atoms with Crippen LogP contribution in [-0.4, -0.2) is 21.9 Å². The van der Waals surface area contributed by atoms with Gasteiger partial charge in [0.15, 0.2) is 0 Å². The lowest BCUT2D eigenvalue weighted by atomic mass is 9.97. The van der Waals surface area contributed by atoms with E-state index in [0.717, 1.165) is 11.1 Å². The Morgan fingerprint density at radius 3 is 2.68 bits per heavy atom. The van der Waals surface area contributed by atoms with Crippen LogP contribution in [0.1, 0.15) is 61.4 Å². The van der Waals surface area contributed by atoms with Crippen molar-refractivity contribution < 1.29 is 19.8 Å². The summed E-state index contributed by atoms with van der Waals surface area (Å²) in [6.07, 6.45) is -4.29. The molecule has 0 saturated carbocycles. The molecule has 5 heteroatoms. The van der Waals surface area contributed by atoms with Crippen molar-refractivity contribution >= 4 is 23.1 Å². The molecule has 1 aliphatic heterocycles. The maximum absolute atomic E-state index is 13.6. The van der Waals surface area contributed by atoms with E-state index in [0.29, 0.717) is 28.8 Å². The van der Waals surface area contributed by atoms with E-state index in [2.05, 4.69) is 4.99 Å². The molecule has 0 saturated heterocycles. The molecule has 0 radical (unpaired) electrons. The zero-order valence-electron chi connectivity index (χ0n) is 19.0. The van der Waals surface area contributed by atoms with Crippen molar-refractivity contribution in [2.45, 2.75) is 46.5 Å². The molecule has 0 aliphatic carbocycles. The molecule has 3 aromatic rings. The minimum absolute atomic E-state index is 0. The molecule has 1 aromatic heterocycles. The van der Waals surface area contributed by atoms with Crippen LogP contribution in [0.3, 0.4) is 0 Å². The Labute approximate surface area is 170 Å². The number of rotatable bonds is 5. The number of fused-ring (bicyclic) bond motifs is 2. The number of aliphatic carboxylic acids is 1. The number of nitrogens with zero attached hydrogens (tertiary/aromatic N) is 2. The Morgan fingerprint density at radius 1 is 1.32 bits per heavy atom. The van der Waals surface area contributed by atoms with Crippen LogP contribution in [-0.2, 0) is 17.7 Å². The smallest absolute Gasteiger partial charge is 0.303 e. The molecule has 146 valence electrons. The molecule has 0 spiro atoms. The number of carboxylic acids is 1. The normalized spacial score (nSPS) is 15.6. The average Bonchev–Trinajstić information content (AvgIpc) is 3.28. The van der Waals surface area contributed by atoms with Gasteiger partial charge in [0.05, 0.1) is 12.1 Å². The first-order valence-electron chi connectivity index (χ1n) is 10.7. The third-order valence-electron chi connectivity index (χ3n) is 4.68. The summed E-state index contributed by atoms with van der Waals surface area (Å²) in [5.74, 6) is -2.58. The fraction of sp³-hybridized carbons (Fsp3) is 0.304. The molecule has 0 fully saturated rings. The molecule has 1 aliphatic rings. The molecule has 0 unspecified atom stereocenters. The van der Waals surface area contributed by atoms with E-state index in [1.807, 2.05) is 19.9 Å². The number of halogens is 1. The lowest BCUT2D eigenvalue weighted by Gasteiger charge is -2.15. The molecule has 2 heterocycles. The zero-order chi connectivity index (χ0) is 22.7. The Hall–Kier alpha value is -2.95. The minimum atomic E-state index is -3.17. The molecular weight excluding hydrogens is 355 g/mol. The van der Waals surface area contributed by atoms with Crippen molar-refractivity contribution in [1.82, 2.24) is 4.57 Å². The van der Waals surface area contributed by atoms with Gasteiger partial charge in [0.2, 0.25) is 0 Å². The van der Waals surface area contributed by atoms with Crippen LogP contribution < -0.4 is 0 Å². The number of aliphatic imine (C=N–C) groups is 1. The number of carbonyl (C=O) groups is 1. The van der Waals surface area contributed by atoms with Crippen LogP contribution in [0.4, 0.5) is 4.39 Å². The fourth-order valence-electron chi connectivity index (χ4n) is 3.58. The van der Waals surface area contributed by atoms with Crippen molar-refractivity contribution in [2.75, 3.05) is 0 Å². The highest BCUT2D eigenvalue weighted by molar-refractivity contribution is 5.96. The van der Waals surface area contributed by atoms with Gasteiger partial charge in [0, 0.05) is 34.8 Å². The predicted octanol–water partition coefficient (Wildman–Crippen LogP) is 5.48. The molecule has 0 atom stereocenters. The van der Waals surface area contributed by atoms with Crippen molar-refractivity contribution in [3.63, 3.8) is 0 Å². The van der Waals surface area contributed by atoms with Crippen LogP contribution in [0.15, 0.2) is 41.4 Å². The average molecular weight is 384 g/mol. The summed E-state index contributed by atoms with van der Waals surface area (Å²) in [6.45, 7) is 4.08. The lowest BCUT2D eigenvalue weighted by Crippen LogP contribution is -2.06. The van der Waals surface area contributed by atoms with Gasteiger partial charge >= 0.3 is 5.97 Å². The van der Waals surface area contributed by atoms with Gasteiger partial charge in [-0.15, -0.1) is 0 Å². The number of aromatic nitrogens is 1. The number of hydrogen-bond acceptors (Lipinski definition) is 2. The van der Waals surface area contributed by atoms with E-state index in [1.54, 1.807) is 29.0 Å². The molecular formula is C23H25FN2O2. The van der Waals surface area contributed by atoms with Crippen LogP contribution in [0.2, 0.25) is 0 Å². The maximum atomic E-state index is 13.6. The number of carboxylic acid groups (broad SMARTS) is 1. The molecule has 4 rings (SSSR count). The van der Waals surface area contributed by atoms with Crippen LogP contribution >= 0.6 is 0 Å². The topological polar surface area (TPSA) is 54.6 Å². The molecule has 1 N–H and O–H groups in total. The van der Waals surface area contributed by atoms with Crippen LogP contribution in [0, 0.1) is 5.82 Å². The Balaban J connectivity index is 0.00000289. The van der Waals surface area contributed by atoms with E-state index in [-0.39, 0.29) is 18.9 Å². The van der Waals surface area contributed by atoms with Gasteiger partial charge in [0.25, 0.3) is 0 Å². The quantitative estimate of drug-likeness (QED) is 0.633. The summed E-state index contributed by atoms with van der Waals surface area (Å²) >= 11 is 0. The van der Waals surface area contributed by atoms with Gasteiger partial charge in [-0.1, -0.05) is 21.3 Å². The van der Waals surface area contributed by atoms with E-state index >= 15 is 0 Å². The molecule has 28 heavy (non-hydrogen) atoms. The Kier molecular flexibility index (Phi) is 4.07. The van der Waals surface area contributed by atoms with Crippen molar-refractivity contribution in [2.24, 2.45) is 4.99 Å². The first-order chi connectivity index (χ1) is 14.5. The largest absolute Gasteiger partial charge is 0.481 e. The number of aryl methyl sites for hydroxylation is 1. The van der Waals surface area contributed by atoms with E-state index < -0.39 is 24.5 Å². The standard InChI is InChI=1S/C22H21FN2O2.CH4/c1-13(2)22-18(7-8-21(26)27)19-9-14-11-24-12-15(14)10-20(19)25(22)17-5-3-16(23)4-6-17;/h3-6,9-10,12-13H,7-8,11H2,1-2H3,(H,26,27);1H4/i7D2,8D2;. The first-order valence-corrected chi connectivity index (χ1v) is 8.67. The summed E-state index contributed by atoms with van der Waals surface area (Å²) in [4.78, 5) is 15.9. The van der Waals surface area contributed by atoms with Crippen molar-refractivity contribution in [3.05, 3.63) is 64.6 Å². The molecule has 0 bridgehead atoms. The minimum Gasteiger partial charge on any atom is -0.481 e. The van der Waals surface area contributed by atoms with Gasteiger partial charge in [-0.3, -0.25) is 9.79 Å². The van der Waals surface area contributed by atoms with Crippen molar-refractivity contribution in [1.29, 1.82) is 0 Å². The zero-order valence-corrected chi connectivity index (χ0v) is 15.0. The van der Waals surface area contributed by atoms with Gasteiger partial charge in [-0.25, -0.2) is 4.39 Å². The predicted molar refractivity (Wildman–Crippen MR) is 111 cm³/mol. The van der Waals surface area contributed by atoms with Gasteiger partial charge < -0.3 is 9.67 Å². The monoisotopic (exact) mass is 384 g/mol. The van der Waals surface area contributed by atoms with Gasteiger partial charge in [-0.05, 0) is 65.4 Å². The molecule has 0 amide bonds. The SMILES string of the molecule is C.[2H]C([2H])(C(=O)O)C([2H])([2H])c1c(C(C)C)n(-c2ccc(F)cc2)c2cc3c(cc12)CN=C3. The summed E-state index contributed by atoms with van der Waals surface area (Å²) in [5.41, 5.74) is 3.30. The molecule has 4 nitrogen and oxygen atoms in total. The lowest BCUT2D eigenvalue weighted by molar-refractivity contribution is -0.136. The number of hydrogen-bond donors (Lipinski definition) is 1.